The molecular weight excluding hydrogens is 406 g/mol. The largest absolute Gasteiger partial charge is 0.354 e. The number of carbonyl (C=O) groups excluding carboxylic acids is 3. The molecule has 9 heteroatoms. The Hall–Kier alpha value is -3.46. The number of nitrogens with zero attached hydrogens (tertiary/aromatic N) is 2. The van der Waals surface area contributed by atoms with Gasteiger partial charge in [0, 0.05) is 25.2 Å². The van der Waals surface area contributed by atoms with Gasteiger partial charge in [-0.2, -0.15) is 0 Å². The Labute approximate surface area is 177 Å². The minimum absolute atomic E-state index is 0.0442. The molecule has 1 saturated heterocycles. The number of imide groups is 1. The van der Waals surface area contributed by atoms with E-state index >= 15 is 0 Å². The number of nitrogens with one attached hydrogen (secondary N) is 1. The zero-order chi connectivity index (χ0) is 21.7. The lowest BCUT2D eigenvalue weighted by molar-refractivity contribution is -0.384. The quantitative estimate of drug-likeness (QED) is 0.414. The highest BCUT2D eigenvalue weighted by atomic mass is 32.2. The lowest BCUT2D eigenvalue weighted by Crippen LogP contribution is -2.37. The Bertz CT molecular complexity index is 1020. The van der Waals surface area contributed by atoms with Crippen LogP contribution in [0.1, 0.15) is 16.7 Å². The third kappa shape index (κ3) is 5.32. The van der Waals surface area contributed by atoms with Gasteiger partial charge >= 0.3 is 0 Å². The number of hydrogen-bond donors (Lipinski definition) is 1. The lowest BCUT2D eigenvalue weighted by atomic mass is 10.1. The number of aryl methyl sites for hydroxylation is 1. The van der Waals surface area contributed by atoms with Crippen LogP contribution in [-0.2, 0) is 16.0 Å². The van der Waals surface area contributed by atoms with E-state index in [4.69, 9.17) is 0 Å². The van der Waals surface area contributed by atoms with Crippen LogP contribution >= 0.6 is 11.8 Å². The van der Waals surface area contributed by atoms with Gasteiger partial charge in [0.15, 0.2) is 0 Å². The molecule has 1 aliphatic heterocycles. The molecule has 1 aliphatic rings. The molecule has 0 unspecified atom stereocenters. The molecule has 1 fully saturated rings. The van der Waals surface area contributed by atoms with E-state index in [9.17, 15) is 24.5 Å². The zero-order valence-corrected chi connectivity index (χ0v) is 17.0. The highest BCUT2D eigenvalue weighted by Crippen LogP contribution is 2.31. The van der Waals surface area contributed by atoms with E-state index in [1.54, 1.807) is 6.08 Å². The summed E-state index contributed by atoms with van der Waals surface area (Å²) >= 11 is 0.877. The van der Waals surface area contributed by atoms with Crippen molar-refractivity contribution >= 4 is 40.6 Å². The molecule has 0 aliphatic carbocycles. The molecule has 1 heterocycles. The second-order valence-electron chi connectivity index (χ2n) is 6.69. The first kappa shape index (κ1) is 21.3. The maximum absolute atomic E-state index is 12.5. The predicted molar refractivity (Wildman–Crippen MR) is 114 cm³/mol. The van der Waals surface area contributed by atoms with Crippen molar-refractivity contribution in [1.29, 1.82) is 0 Å². The standard InChI is InChI=1S/C21H19N3O5S/c1-14-2-4-15(5-3-14)12-18-20(26)23(21(27)30-18)11-10-22-19(25)13-16-6-8-17(9-7-16)24(28)29/h2-9,12H,10-11,13H2,1H3,(H,22,25)/b18-12-. The number of thioether (sulfide) groups is 1. The zero-order valence-electron chi connectivity index (χ0n) is 16.2. The van der Waals surface area contributed by atoms with Crippen LogP contribution in [0.25, 0.3) is 6.08 Å². The van der Waals surface area contributed by atoms with E-state index in [2.05, 4.69) is 5.32 Å². The smallest absolute Gasteiger partial charge is 0.293 e. The molecule has 0 saturated carbocycles. The van der Waals surface area contributed by atoms with Crippen molar-refractivity contribution in [3.8, 4) is 0 Å². The molecule has 3 amide bonds. The minimum Gasteiger partial charge on any atom is -0.354 e. The van der Waals surface area contributed by atoms with Gasteiger partial charge in [-0.05, 0) is 35.9 Å². The average molecular weight is 425 g/mol. The van der Waals surface area contributed by atoms with Crippen molar-refractivity contribution in [2.24, 2.45) is 0 Å². The van der Waals surface area contributed by atoms with Gasteiger partial charge in [0.05, 0.1) is 16.2 Å². The van der Waals surface area contributed by atoms with Crippen molar-refractivity contribution in [3.63, 3.8) is 0 Å². The number of rotatable bonds is 7. The van der Waals surface area contributed by atoms with Gasteiger partial charge in [0.25, 0.3) is 16.8 Å². The summed E-state index contributed by atoms with van der Waals surface area (Å²) < 4.78 is 0. The predicted octanol–water partition coefficient (Wildman–Crippen LogP) is 3.30. The van der Waals surface area contributed by atoms with Crippen LogP contribution in [0.4, 0.5) is 10.5 Å². The number of benzene rings is 2. The fourth-order valence-electron chi connectivity index (χ4n) is 2.80. The van der Waals surface area contributed by atoms with Gasteiger partial charge in [-0.25, -0.2) is 0 Å². The molecule has 3 rings (SSSR count). The number of amides is 3. The summed E-state index contributed by atoms with van der Waals surface area (Å²) in [6, 6.07) is 13.3. The summed E-state index contributed by atoms with van der Waals surface area (Å²) in [4.78, 5) is 48.3. The fraction of sp³-hybridized carbons (Fsp3) is 0.190. The molecule has 0 atom stereocenters. The molecular formula is C21H19N3O5S. The van der Waals surface area contributed by atoms with Gasteiger partial charge in [-0.15, -0.1) is 0 Å². The van der Waals surface area contributed by atoms with Crippen LogP contribution in [0.3, 0.4) is 0 Å². The maximum atomic E-state index is 12.5. The van der Waals surface area contributed by atoms with Crippen LogP contribution in [0.15, 0.2) is 53.4 Å². The van der Waals surface area contributed by atoms with Crippen LogP contribution in [0.5, 0.6) is 0 Å². The highest BCUT2D eigenvalue weighted by Gasteiger charge is 2.34. The van der Waals surface area contributed by atoms with Crippen molar-refractivity contribution in [1.82, 2.24) is 10.2 Å². The summed E-state index contributed by atoms with van der Waals surface area (Å²) in [5.41, 5.74) is 2.52. The Morgan fingerprint density at radius 1 is 1.13 bits per heavy atom. The Kier molecular flexibility index (Phi) is 6.63. The van der Waals surface area contributed by atoms with Crippen LogP contribution in [0.2, 0.25) is 0 Å². The monoisotopic (exact) mass is 425 g/mol. The number of non-ortho nitro benzene ring substituents is 1. The third-order valence-corrected chi connectivity index (χ3v) is 5.33. The fourth-order valence-corrected chi connectivity index (χ4v) is 3.66. The highest BCUT2D eigenvalue weighted by molar-refractivity contribution is 8.18. The second-order valence-corrected chi connectivity index (χ2v) is 7.69. The molecule has 0 radical (unpaired) electrons. The summed E-state index contributed by atoms with van der Waals surface area (Å²) in [5.74, 6) is -0.679. The molecule has 0 aromatic heterocycles. The Balaban J connectivity index is 1.51. The molecule has 30 heavy (non-hydrogen) atoms. The van der Waals surface area contributed by atoms with Crippen molar-refractivity contribution in [2.45, 2.75) is 13.3 Å². The normalized spacial score (nSPS) is 15.0. The maximum Gasteiger partial charge on any atom is 0.293 e. The topological polar surface area (TPSA) is 110 Å². The first-order valence-corrected chi connectivity index (χ1v) is 9.97. The SMILES string of the molecule is Cc1ccc(/C=C2\SC(=O)N(CCNC(=O)Cc3ccc([N+](=O)[O-])cc3)C2=O)cc1. The van der Waals surface area contributed by atoms with Crippen LogP contribution < -0.4 is 5.32 Å². The van der Waals surface area contributed by atoms with Crippen molar-refractivity contribution in [3.05, 3.63) is 80.2 Å². The number of carbonyl (C=O) groups is 3. The van der Waals surface area contributed by atoms with Crippen LogP contribution in [-0.4, -0.2) is 40.0 Å². The van der Waals surface area contributed by atoms with Crippen molar-refractivity contribution in [2.75, 3.05) is 13.1 Å². The van der Waals surface area contributed by atoms with E-state index in [1.807, 2.05) is 31.2 Å². The Morgan fingerprint density at radius 2 is 1.80 bits per heavy atom. The molecule has 8 nitrogen and oxygen atoms in total. The first-order valence-electron chi connectivity index (χ1n) is 9.15. The summed E-state index contributed by atoms with van der Waals surface area (Å²) in [6.07, 6.45) is 1.73. The molecule has 154 valence electrons. The van der Waals surface area contributed by atoms with E-state index in [0.717, 1.165) is 27.8 Å². The van der Waals surface area contributed by atoms with E-state index in [0.29, 0.717) is 10.5 Å². The second kappa shape index (κ2) is 9.36. The van der Waals surface area contributed by atoms with E-state index in [-0.39, 0.29) is 42.3 Å². The Morgan fingerprint density at radius 3 is 2.43 bits per heavy atom. The lowest BCUT2D eigenvalue weighted by Gasteiger charge is -2.13. The summed E-state index contributed by atoms with van der Waals surface area (Å²) in [6.45, 7) is 2.16. The first-order chi connectivity index (χ1) is 14.3. The van der Waals surface area contributed by atoms with Gasteiger partial charge in [0.2, 0.25) is 5.91 Å². The molecule has 2 aromatic rings. The van der Waals surface area contributed by atoms with Gasteiger partial charge < -0.3 is 5.32 Å². The summed E-state index contributed by atoms with van der Waals surface area (Å²) in [7, 11) is 0. The number of hydrogen-bond acceptors (Lipinski definition) is 6. The molecule has 0 spiro atoms. The molecule has 1 N–H and O–H groups in total. The van der Waals surface area contributed by atoms with Crippen molar-refractivity contribution < 1.29 is 19.3 Å². The summed E-state index contributed by atoms with van der Waals surface area (Å²) in [5, 5.41) is 12.9. The minimum atomic E-state index is -0.506. The van der Waals surface area contributed by atoms with Gasteiger partial charge in [-0.1, -0.05) is 42.0 Å². The average Bonchev–Trinajstić information content (AvgIpc) is 2.97. The third-order valence-electron chi connectivity index (χ3n) is 4.42. The van der Waals surface area contributed by atoms with E-state index in [1.165, 1.54) is 24.3 Å². The molecule has 2 aromatic carbocycles. The van der Waals surface area contributed by atoms with Gasteiger partial charge in [-0.3, -0.25) is 29.4 Å². The van der Waals surface area contributed by atoms with Gasteiger partial charge in [0.1, 0.15) is 0 Å². The van der Waals surface area contributed by atoms with Crippen LogP contribution in [0, 0.1) is 17.0 Å². The van der Waals surface area contributed by atoms with E-state index < -0.39 is 4.92 Å². The number of nitro groups is 1. The molecule has 0 bridgehead atoms. The number of nitro benzene ring substituents is 1.